The Morgan fingerprint density at radius 1 is 1.00 bits per heavy atom. The highest BCUT2D eigenvalue weighted by Gasteiger charge is 2.04. The molecular formula is C15H24FNO4. The Labute approximate surface area is 125 Å². The predicted molar refractivity (Wildman–Crippen MR) is 78.2 cm³/mol. The molecule has 0 heterocycles. The quantitative estimate of drug-likeness (QED) is 0.594. The second-order valence-electron chi connectivity index (χ2n) is 4.35. The van der Waals surface area contributed by atoms with Crippen molar-refractivity contribution in [3.05, 3.63) is 29.6 Å². The van der Waals surface area contributed by atoms with E-state index in [0.717, 1.165) is 5.56 Å². The number of hydrogen-bond acceptors (Lipinski definition) is 5. The molecule has 0 bridgehead atoms. The fraction of sp³-hybridized carbons (Fsp3) is 0.600. The predicted octanol–water partition coefficient (Wildman–Crippen LogP) is 1.60. The Kier molecular flexibility index (Phi) is 9.73. The molecule has 0 amide bonds. The van der Waals surface area contributed by atoms with E-state index in [1.807, 2.05) is 0 Å². The molecule has 0 saturated carbocycles. The molecule has 6 heteroatoms. The van der Waals surface area contributed by atoms with Crippen LogP contribution in [0.25, 0.3) is 0 Å². The van der Waals surface area contributed by atoms with Crippen LogP contribution in [0.1, 0.15) is 5.56 Å². The third-order valence-electron chi connectivity index (χ3n) is 2.68. The second kappa shape index (κ2) is 11.4. The SMILES string of the molecule is CNCc1cc(F)ccc1OCCOCCOCCOC. The Balaban J connectivity index is 2.15. The van der Waals surface area contributed by atoms with Crippen molar-refractivity contribution >= 4 is 0 Å². The van der Waals surface area contributed by atoms with Crippen LogP contribution in [0.5, 0.6) is 5.75 Å². The van der Waals surface area contributed by atoms with Crippen LogP contribution in [0.4, 0.5) is 4.39 Å². The summed E-state index contributed by atoms with van der Waals surface area (Å²) >= 11 is 0. The minimum Gasteiger partial charge on any atom is -0.491 e. The molecule has 0 aliphatic carbocycles. The Morgan fingerprint density at radius 3 is 2.33 bits per heavy atom. The first-order valence-corrected chi connectivity index (χ1v) is 6.98. The van der Waals surface area contributed by atoms with Crippen LogP contribution >= 0.6 is 0 Å². The smallest absolute Gasteiger partial charge is 0.124 e. The molecule has 0 atom stereocenters. The molecule has 0 unspecified atom stereocenters. The van der Waals surface area contributed by atoms with Gasteiger partial charge in [0, 0.05) is 19.2 Å². The summed E-state index contributed by atoms with van der Waals surface area (Å²) in [5, 5.41) is 2.98. The van der Waals surface area contributed by atoms with Gasteiger partial charge in [-0.05, 0) is 25.2 Å². The molecule has 1 N–H and O–H groups in total. The fourth-order valence-corrected chi connectivity index (χ4v) is 1.69. The zero-order valence-electron chi connectivity index (χ0n) is 12.7. The van der Waals surface area contributed by atoms with E-state index in [0.29, 0.717) is 51.9 Å². The molecule has 0 aromatic heterocycles. The van der Waals surface area contributed by atoms with Gasteiger partial charge in [-0.2, -0.15) is 0 Å². The number of methoxy groups -OCH3 is 1. The lowest BCUT2D eigenvalue weighted by molar-refractivity contribution is 0.0179. The van der Waals surface area contributed by atoms with Gasteiger partial charge in [-0.3, -0.25) is 0 Å². The molecule has 0 aliphatic heterocycles. The van der Waals surface area contributed by atoms with Crippen LogP contribution in [-0.2, 0) is 20.8 Å². The van der Waals surface area contributed by atoms with Crippen molar-refractivity contribution in [2.45, 2.75) is 6.54 Å². The summed E-state index contributed by atoms with van der Waals surface area (Å²) in [6.45, 7) is 3.64. The number of ether oxygens (including phenoxy) is 4. The lowest BCUT2D eigenvalue weighted by Gasteiger charge is -2.12. The molecule has 1 aromatic rings. The largest absolute Gasteiger partial charge is 0.491 e. The minimum absolute atomic E-state index is 0.267. The number of halogens is 1. The molecule has 0 aliphatic rings. The maximum Gasteiger partial charge on any atom is 0.124 e. The number of hydrogen-bond donors (Lipinski definition) is 1. The van der Waals surface area contributed by atoms with Gasteiger partial charge >= 0.3 is 0 Å². The average molecular weight is 301 g/mol. The maximum atomic E-state index is 13.2. The van der Waals surface area contributed by atoms with Gasteiger partial charge in [0.1, 0.15) is 18.2 Å². The third kappa shape index (κ3) is 7.96. The van der Waals surface area contributed by atoms with Crippen molar-refractivity contribution in [1.29, 1.82) is 0 Å². The van der Waals surface area contributed by atoms with Crippen LogP contribution < -0.4 is 10.1 Å². The first kappa shape index (κ1) is 17.8. The zero-order chi connectivity index (χ0) is 15.3. The summed E-state index contributed by atoms with van der Waals surface area (Å²) in [5.74, 6) is 0.405. The highest BCUT2D eigenvalue weighted by molar-refractivity contribution is 5.33. The maximum absolute atomic E-state index is 13.2. The second-order valence-corrected chi connectivity index (χ2v) is 4.35. The fourth-order valence-electron chi connectivity index (χ4n) is 1.69. The van der Waals surface area contributed by atoms with Gasteiger partial charge in [-0.1, -0.05) is 0 Å². The summed E-state index contributed by atoms with van der Waals surface area (Å²) in [6.07, 6.45) is 0. The van der Waals surface area contributed by atoms with Crippen LogP contribution in [0.2, 0.25) is 0 Å². The van der Waals surface area contributed by atoms with Crippen molar-refractivity contribution in [3.8, 4) is 5.75 Å². The highest BCUT2D eigenvalue weighted by atomic mass is 19.1. The van der Waals surface area contributed by atoms with Crippen molar-refractivity contribution in [3.63, 3.8) is 0 Å². The Bertz CT molecular complexity index is 390. The van der Waals surface area contributed by atoms with Gasteiger partial charge in [-0.15, -0.1) is 0 Å². The molecule has 0 radical (unpaired) electrons. The Morgan fingerprint density at radius 2 is 1.67 bits per heavy atom. The number of benzene rings is 1. The van der Waals surface area contributed by atoms with E-state index in [-0.39, 0.29) is 5.82 Å². The molecular weight excluding hydrogens is 277 g/mol. The van der Waals surface area contributed by atoms with Crippen LogP contribution in [-0.4, -0.2) is 53.8 Å². The first-order valence-electron chi connectivity index (χ1n) is 6.98. The summed E-state index contributed by atoms with van der Waals surface area (Å²) in [5.41, 5.74) is 0.792. The van der Waals surface area contributed by atoms with E-state index in [1.165, 1.54) is 12.1 Å². The van der Waals surface area contributed by atoms with Crippen LogP contribution in [0.15, 0.2) is 18.2 Å². The average Bonchev–Trinajstić information content (AvgIpc) is 2.48. The van der Waals surface area contributed by atoms with Crippen molar-refractivity contribution in [2.75, 3.05) is 53.8 Å². The van der Waals surface area contributed by atoms with Gasteiger partial charge in [-0.25, -0.2) is 4.39 Å². The molecule has 1 aromatic carbocycles. The van der Waals surface area contributed by atoms with E-state index >= 15 is 0 Å². The Hall–Kier alpha value is -1.21. The van der Waals surface area contributed by atoms with Gasteiger partial charge in [0.05, 0.1) is 33.0 Å². The number of nitrogens with one attached hydrogen (secondary N) is 1. The third-order valence-corrected chi connectivity index (χ3v) is 2.68. The lowest BCUT2D eigenvalue weighted by Crippen LogP contribution is -2.13. The summed E-state index contributed by atoms with van der Waals surface area (Å²) in [4.78, 5) is 0. The molecule has 120 valence electrons. The van der Waals surface area contributed by atoms with E-state index in [9.17, 15) is 4.39 Å². The molecule has 5 nitrogen and oxygen atoms in total. The van der Waals surface area contributed by atoms with Gasteiger partial charge < -0.3 is 24.3 Å². The normalized spacial score (nSPS) is 10.8. The first-order chi connectivity index (χ1) is 10.3. The summed E-state index contributed by atoms with van der Waals surface area (Å²) < 4.78 is 34.3. The van der Waals surface area contributed by atoms with E-state index in [1.54, 1.807) is 20.2 Å². The minimum atomic E-state index is -0.267. The van der Waals surface area contributed by atoms with E-state index in [4.69, 9.17) is 18.9 Å². The molecule has 1 rings (SSSR count). The lowest BCUT2D eigenvalue weighted by atomic mass is 10.2. The summed E-state index contributed by atoms with van der Waals surface area (Å²) in [7, 11) is 3.44. The zero-order valence-corrected chi connectivity index (χ0v) is 12.7. The molecule has 0 fully saturated rings. The molecule has 21 heavy (non-hydrogen) atoms. The monoisotopic (exact) mass is 301 g/mol. The molecule has 0 spiro atoms. The van der Waals surface area contributed by atoms with Crippen molar-refractivity contribution in [1.82, 2.24) is 5.32 Å². The summed E-state index contributed by atoms with van der Waals surface area (Å²) in [6, 6.07) is 4.49. The van der Waals surface area contributed by atoms with E-state index < -0.39 is 0 Å². The highest BCUT2D eigenvalue weighted by Crippen LogP contribution is 2.19. The van der Waals surface area contributed by atoms with Gasteiger partial charge in [0.15, 0.2) is 0 Å². The van der Waals surface area contributed by atoms with Crippen molar-refractivity contribution in [2.24, 2.45) is 0 Å². The number of rotatable bonds is 12. The van der Waals surface area contributed by atoms with Crippen LogP contribution in [0, 0.1) is 5.82 Å². The standard InChI is InChI=1S/C15H24FNO4/c1-17-12-13-11-14(16)3-4-15(13)21-10-9-20-8-7-19-6-5-18-2/h3-4,11,17H,5-10,12H2,1-2H3. The van der Waals surface area contributed by atoms with Gasteiger partial charge in [0.25, 0.3) is 0 Å². The molecule has 0 saturated heterocycles. The van der Waals surface area contributed by atoms with Gasteiger partial charge in [0.2, 0.25) is 0 Å². The van der Waals surface area contributed by atoms with Crippen LogP contribution in [0.3, 0.4) is 0 Å². The van der Waals surface area contributed by atoms with Crippen molar-refractivity contribution < 1.29 is 23.3 Å². The van der Waals surface area contributed by atoms with E-state index in [2.05, 4.69) is 5.32 Å². The topological polar surface area (TPSA) is 49.0 Å².